The standard InChI is InChI=1S/C9H15N3O3S/c1-15-7-3-10-2-5(7)11-8(13)6-4-16-9(14)12-6/h5-7,10H,2-4H2,1H3,(H,11,13)(H,12,14)/t5?,6?,7-/m0/s1. The van der Waals surface area contributed by atoms with Gasteiger partial charge < -0.3 is 20.7 Å². The van der Waals surface area contributed by atoms with Gasteiger partial charge in [0, 0.05) is 26.0 Å². The first-order chi connectivity index (χ1) is 7.70. The molecule has 6 nitrogen and oxygen atoms in total. The molecular weight excluding hydrogens is 230 g/mol. The van der Waals surface area contributed by atoms with Gasteiger partial charge in [0.2, 0.25) is 5.91 Å². The minimum absolute atomic E-state index is 0.00806. The second-order valence-corrected chi connectivity index (χ2v) is 4.84. The van der Waals surface area contributed by atoms with Crippen molar-refractivity contribution < 1.29 is 14.3 Å². The number of ether oxygens (including phenoxy) is 1. The highest BCUT2D eigenvalue weighted by molar-refractivity contribution is 8.14. The highest BCUT2D eigenvalue weighted by Crippen LogP contribution is 2.13. The van der Waals surface area contributed by atoms with Crippen molar-refractivity contribution in [3.05, 3.63) is 0 Å². The van der Waals surface area contributed by atoms with E-state index in [4.69, 9.17) is 4.74 Å². The molecule has 3 N–H and O–H groups in total. The molecule has 2 aliphatic heterocycles. The van der Waals surface area contributed by atoms with Crippen molar-refractivity contribution in [2.45, 2.75) is 18.2 Å². The quantitative estimate of drug-likeness (QED) is 0.589. The van der Waals surface area contributed by atoms with Crippen LogP contribution >= 0.6 is 11.8 Å². The molecular formula is C9H15N3O3S. The Morgan fingerprint density at radius 1 is 1.56 bits per heavy atom. The second-order valence-electron chi connectivity index (χ2n) is 3.84. The number of nitrogens with one attached hydrogen (secondary N) is 3. The maximum absolute atomic E-state index is 11.8. The van der Waals surface area contributed by atoms with Crippen molar-refractivity contribution in [2.75, 3.05) is 26.0 Å². The van der Waals surface area contributed by atoms with Crippen LogP contribution in [0.5, 0.6) is 0 Å². The van der Waals surface area contributed by atoms with E-state index in [1.54, 1.807) is 7.11 Å². The van der Waals surface area contributed by atoms with Crippen LogP contribution in [0.2, 0.25) is 0 Å². The number of carbonyl (C=O) groups is 2. The Bertz CT molecular complexity index is 300. The summed E-state index contributed by atoms with van der Waals surface area (Å²) in [6, 6.07) is -0.421. The third-order valence-corrected chi connectivity index (χ3v) is 3.66. The summed E-state index contributed by atoms with van der Waals surface area (Å²) in [5.74, 6) is 0.372. The van der Waals surface area contributed by atoms with Crippen molar-refractivity contribution in [3.8, 4) is 0 Å². The summed E-state index contributed by atoms with van der Waals surface area (Å²) in [5.41, 5.74) is 0. The monoisotopic (exact) mass is 245 g/mol. The van der Waals surface area contributed by atoms with Crippen LogP contribution in [0.15, 0.2) is 0 Å². The molecule has 2 saturated heterocycles. The summed E-state index contributed by atoms with van der Waals surface area (Å²) in [6.07, 6.45) is 0.00806. The molecule has 7 heteroatoms. The van der Waals surface area contributed by atoms with E-state index in [0.717, 1.165) is 18.3 Å². The van der Waals surface area contributed by atoms with Gasteiger partial charge in [0.15, 0.2) is 0 Å². The highest BCUT2D eigenvalue weighted by atomic mass is 32.2. The van der Waals surface area contributed by atoms with Gasteiger partial charge in [0.25, 0.3) is 5.24 Å². The molecule has 0 radical (unpaired) electrons. The lowest BCUT2D eigenvalue weighted by atomic mass is 10.2. The zero-order valence-corrected chi connectivity index (χ0v) is 9.80. The number of rotatable bonds is 3. The van der Waals surface area contributed by atoms with Gasteiger partial charge in [-0.15, -0.1) is 0 Å². The van der Waals surface area contributed by atoms with Gasteiger partial charge in [0.1, 0.15) is 6.04 Å². The van der Waals surface area contributed by atoms with E-state index in [1.807, 2.05) is 0 Å². The molecule has 2 rings (SSSR count). The molecule has 0 aromatic heterocycles. The maximum atomic E-state index is 11.8. The van der Waals surface area contributed by atoms with Crippen molar-refractivity contribution in [3.63, 3.8) is 0 Å². The van der Waals surface area contributed by atoms with Gasteiger partial charge >= 0.3 is 0 Å². The van der Waals surface area contributed by atoms with Crippen LogP contribution in [0, 0.1) is 0 Å². The lowest BCUT2D eigenvalue weighted by Crippen LogP contribution is -2.50. The molecule has 3 atom stereocenters. The van der Waals surface area contributed by atoms with Gasteiger partial charge in [-0.05, 0) is 0 Å². The third-order valence-electron chi connectivity index (χ3n) is 2.78. The minimum atomic E-state index is -0.407. The molecule has 0 bridgehead atoms. The van der Waals surface area contributed by atoms with Gasteiger partial charge in [0.05, 0.1) is 12.1 Å². The predicted molar refractivity (Wildman–Crippen MR) is 60.4 cm³/mol. The lowest BCUT2D eigenvalue weighted by Gasteiger charge is -2.20. The predicted octanol–water partition coefficient (Wildman–Crippen LogP) is -1.09. The molecule has 90 valence electrons. The Balaban J connectivity index is 1.84. The SMILES string of the molecule is CO[C@H]1CNCC1NC(=O)C1CSC(=O)N1. The molecule has 2 amide bonds. The largest absolute Gasteiger partial charge is 0.378 e. The van der Waals surface area contributed by atoms with Crippen LogP contribution in [0.4, 0.5) is 4.79 Å². The Kier molecular flexibility index (Phi) is 3.67. The molecule has 0 saturated carbocycles. The molecule has 16 heavy (non-hydrogen) atoms. The summed E-state index contributed by atoms with van der Waals surface area (Å²) in [5, 5.41) is 8.51. The van der Waals surface area contributed by atoms with Crippen molar-refractivity contribution in [1.82, 2.24) is 16.0 Å². The van der Waals surface area contributed by atoms with Crippen LogP contribution in [0.3, 0.4) is 0 Å². The zero-order chi connectivity index (χ0) is 11.5. The number of hydrogen-bond donors (Lipinski definition) is 3. The molecule has 2 aliphatic rings. The number of thioether (sulfide) groups is 1. The normalized spacial score (nSPS) is 33.8. The highest BCUT2D eigenvalue weighted by Gasteiger charge is 2.33. The number of carbonyl (C=O) groups excluding carboxylic acids is 2. The first-order valence-electron chi connectivity index (χ1n) is 5.18. The Labute approximate surface area is 97.9 Å². The summed E-state index contributed by atoms with van der Waals surface area (Å²) >= 11 is 1.14. The molecule has 2 fully saturated rings. The second kappa shape index (κ2) is 5.03. The van der Waals surface area contributed by atoms with Crippen LogP contribution < -0.4 is 16.0 Å². The van der Waals surface area contributed by atoms with E-state index in [2.05, 4.69) is 16.0 Å². The van der Waals surface area contributed by atoms with Crippen molar-refractivity contribution in [1.29, 1.82) is 0 Å². The van der Waals surface area contributed by atoms with E-state index in [0.29, 0.717) is 12.3 Å². The van der Waals surface area contributed by atoms with E-state index in [1.165, 1.54) is 0 Å². The average molecular weight is 245 g/mol. The fraction of sp³-hybridized carbons (Fsp3) is 0.778. The van der Waals surface area contributed by atoms with Gasteiger partial charge in [-0.25, -0.2) is 0 Å². The van der Waals surface area contributed by atoms with Crippen molar-refractivity contribution >= 4 is 22.9 Å². The van der Waals surface area contributed by atoms with E-state index < -0.39 is 6.04 Å². The molecule has 0 aliphatic carbocycles. The first kappa shape index (κ1) is 11.7. The summed E-state index contributed by atoms with van der Waals surface area (Å²) in [6.45, 7) is 1.45. The third kappa shape index (κ3) is 2.47. The summed E-state index contributed by atoms with van der Waals surface area (Å²) < 4.78 is 5.24. The van der Waals surface area contributed by atoms with Crippen LogP contribution in [0.1, 0.15) is 0 Å². The smallest absolute Gasteiger partial charge is 0.279 e. The van der Waals surface area contributed by atoms with Gasteiger partial charge in [-0.3, -0.25) is 9.59 Å². The maximum Gasteiger partial charge on any atom is 0.279 e. The molecule has 0 spiro atoms. The van der Waals surface area contributed by atoms with Crippen LogP contribution in [-0.4, -0.2) is 55.3 Å². The summed E-state index contributed by atoms with van der Waals surface area (Å²) in [7, 11) is 1.63. The van der Waals surface area contributed by atoms with E-state index in [9.17, 15) is 9.59 Å². The zero-order valence-electron chi connectivity index (χ0n) is 8.99. The molecule has 0 aromatic rings. The number of methoxy groups -OCH3 is 1. The fourth-order valence-electron chi connectivity index (χ4n) is 1.86. The average Bonchev–Trinajstić information content (AvgIpc) is 2.86. The Morgan fingerprint density at radius 3 is 3.00 bits per heavy atom. The van der Waals surface area contributed by atoms with Gasteiger partial charge in [-0.2, -0.15) is 0 Å². The molecule has 2 heterocycles. The number of hydrogen-bond acceptors (Lipinski definition) is 5. The summed E-state index contributed by atoms with van der Waals surface area (Å²) in [4.78, 5) is 22.7. The Morgan fingerprint density at radius 2 is 2.38 bits per heavy atom. The van der Waals surface area contributed by atoms with E-state index in [-0.39, 0.29) is 23.3 Å². The van der Waals surface area contributed by atoms with Crippen LogP contribution in [0.25, 0.3) is 0 Å². The van der Waals surface area contributed by atoms with Crippen LogP contribution in [-0.2, 0) is 9.53 Å². The lowest BCUT2D eigenvalue weighted by molar-refractivity contribution is -0.123. The molecule has 2 unspecified atom stereocenters. The fourth-order valence-corrected chi connectivity index (χ4v) is 2.63. The van der Waals surface area contributed by atoms with E-state index >= 15 is 0 Å². The molecule has 0 aromatic carbocycles. The van der Waals surface area contributed by atoms with Gasteiger partial charge in [-0.1, -0.05) is 11.8 Å². The van der Waals surface area contributed by atoms with Crippen molar-refractivity contribution in [2.24, 2.45) is 0 Å². The number of amides is 2. The first-order valence-corrected chi connectivity index (χ1v) is 6.16. The minimum Gasteiger partial charge on any atom is -0.378 e. The Hall–Kier alpha value is -0.790. The topological polar surface area (TPSA) is 79.5 Å².